The quantitative estimate of drug-likeness (QED) is 0.0220. The number of ether oxygens (including phenoxy) is 5. The van der Waals surface area contributed by atoms with Crippen LogP contribution in [0.25, 0.3) is 11.0 Å². The fourth-order valence-corrected chi connectivity index (χ4v) is 10.8. The lowest BCUT2D eigenvalue weighted by atomic mass is 9.92. The van der Waals surface area contributed by atoms with E-state index in [1.165, 1.54) is 124 Å². The number of hydrogen-bond acceptors (Lipinski definition) is 22. The van der Waals surface area contributed by atoms with Gasteiger partial charge < -0.3 is 55.6 Å². The predicted molar refractivity (Wildman–Crippen MR) is 274 cm³/mol. The van der Waals surface area contributed by atoms with E-state index in [0.717, 1.165) is 38.3 Å². The molecule has 25 heteroatoms. The standard InChI is InChI=1S/C51H72N11O13P/c1-3-4-5-6-7-8-9-10-11-12-13-14-15-16-17-18-25-69-27-36(73-43-24-19-35(68-2)26-56-43)28-70-76(67,71-29-39-44(63)46(65)50(31-52,74-39)41-22-20-37-48(54)57-33-59-61(37)41)72-30-40-45(64)47(66)51(32-53,75-40)42-23-21-38-49(55)58-34-60-62(38)42/h19-24,26,33-34,36,39-40,44-47,63-66H,3-18,25,27-30H2,1-2H3,(H2,54,57,59)(H2,55,58,60)/t36-,39-,40-,44-,45-,46-,47-,50+,51+/m1/s1. The van der Waals surface area contributed by atoms with Gasteiger partial charge in [0.15, 0.2) is 11.6 Å². The molecule has 2 aliphatic heterocycles. The van der Waals surface area contributed by atoms with Crippen LogP contribution in [0.15, 0.2) is 55.2 Å². The lowest BCUT2D eigenvalue weighted by Crippen LogP contribution is -2.41. The van der Waals surface area contributed by atoms with Crippen molar-refractivity contribution in [3.63, 3.8) is 0 Å². The largest absolute Gasteiger partial charge is 0.495 e. The predicted octanol–water partition coefficient (Wildman–Crippen LogP) is 5.60. The van der Waals surface area contributed by atoms with Gasteiger partial charge in [0.1, 0.15) is 84.3 Å². The third-order valence-corrected chi connectivity index (χ3v) is 15.3. The summed E-state index contributed by atoms with van der Waals surface area (Å²) in [5, 5.41) is 74.8. The van der Waals surface area contributed by atoms with E-state index in [9.17, 15) is 35.5 Å². The van der Waals surface area contributed by atoms with Crippen LogP contribution in [0.4, 0.5) is 11.6 Å². The number of phosphoric acid groups is 1. The molecule has 0 unspecified atom stereocenters. The Morgan fingerprint density at radius 1 is 0.671 bits per heavy atom. The molecule has 0 spiro atoms. The van der Waals surface area contributed by atoms with Gasteiger partial charge in [-0.3, -0.25) is 13.6 Å². The number of nitrogens with two attached hydrogens (primary N) is 2. The minimum atomic E-state index is -4.95. The van der Waals surface area contributed by atoms with Crippen molar-refractivity contribution in [2.45, 2.75) is 164 Å². The van der Waals surface area contributed by atoms with Gasteiger partial charge in [-0.2, -0.15) is 20.7 Å². The number of aromatic nitrogens is 7. The summed E-state index contributed by atoms with van der Waals surface area (Å²) in [7, 11) is -3.46. The molecule has 0 bridgehead atoms. The highest BCUT2D eigenvalue weighted by molar-refractivity contribution is 7.48. The first-order chi connectivity index (χ1) is 36.8. The lowest BCUT2D eigenvalue weighted by Gasteiger charge is -2.26. The summed E-state index contributed by atoms with van der Waals surface area (Å²) in [6.07, 6.45) is 11.9. The van der Waals surface area contributed by atoms with E-state index in [4.69, 9.17) is 48.7 Å². The van der Waals surface area contributed by atoms with Crippen LogP contribution in [0.2, 0.25) is 0 Å². The number of anilines is 2. The highest BCUT2D eigenvalue weighted by Crippen LogP contribution is 2.52. The van der Waals surface area contributed by atoms with Crippen molar-refractivity contribution in [1.29, 1.82) is 10.5 Å². The number of nitrogen functional groups attached to an aromatic ring is 2. The highest BCUT2D eigenvalue weighted by Gasteiger charge is 2.59. The smallest absolute Gasteiger partial charge is 0.475 e. The minimum Gasteiger partial charge on any atom is -0.495 e. The Morgan fingerprint density at radius 2 is 1.14 bits per heavy atom. The zero-order chi connectivity index (χ0) is 54.1. The number of rotatable bonds is 33. The molecule has 414 valence electrons. The summed E-state index contributed by atoms with van der Waals surface area (Å²) in [6.45, 7) is 0.443. The summed E-state index contributed by atoms with van der Waals surface area (Å²) in [5.41, 5.74) is 8.17. The first kappa shape index (κ1) is 58.1. The Kier molecular flexibility index (Phi) is 21.1. The van der Waals surface area contributed by atoms with Gasteiger partial charge in [-0.05, 0) is 36.8 Å². The zero-order valence-corrected chi connectivity index (χ0v) is 44.1. The molecule has 2 aliphatic rings. The molecule has 0 radical (unpaired) electrons. The fourth-order valence-electron chi connectivity index (χ4n) is 9.53. The van der Waals surface area contributed by atoms with Crippen LogP contribution in [0.5, 0.6) is 11.6 Å². The number of nitrogens with zero attached hydrogens (tertiary/aromatic N) is 9. The summed E-state index contributed by atoms with van der Waals surface area (Å²) >= 11 is 0. The molecule has 2 saturated heterocycles. The van der Waals surface area contributed by atoms with Crippen molar-refractivity contribution < 1.29 is 62.2 Å². The van der Waals surface area contributed by atoms with Crippen molar-refractivity contribution in [3.8, 4) is 23.8 Å². The number of unbranched alkanes of at least 4 members (excludes halogenated alkanes) is 15. The van der Waals surface area contributed by atoms with Crippen LogP contribution in [0.3, 0.4) is 0 Å². The summed E-state index contributed by atoms with van der Waals surface area (Å²) in [4.78, 5) is 12.2. The number of fused-ring (bicyclic) bond motifs is 2. The molecule has 5 aromatic heterocycles. The number of aliphatic hydroxyl groups is 4. The van der Waals surface area contributed by atoms with E-state index in [1.54, 1.807) is 12.1 Å². The van der Waals surface area contributed by atoms with E-state index in [1.807, 2.05) is 12.1 Å². The molecule has 9 atom stereocenters. The van der Waals surface area contributed by atoms with Crippen LogP contribution < -0.4 is 20.9 Å². The van der Waals surface area contributed by atoms with Crippen molar-refractivity contribution >= 4 is 30.5 Å². The third-order valence-electron chi connectivity index (χ3n) is 13.9. The Morgan fingerprint density at radius 3 is 1.58 bits per heavy atom. The number of pyridine rings is 1. The minimum absolute atomic E-state index is 0.00682. The maximum atomic E-state index is 14.9. The first-order valence-corrected chi connectivity index (χ1v) is 27.7. The van der Waals surface area contributed by atoms with Crippen LogP contribution in [0, 0.1) is 22.7 Å². The monoisotopic (exact) mass is 1080 g/mol. The fraction of sp³-hybridized carbons (Fsp3) is 0.627. The Bertz CT molecular complexity index is 2610. The topological polar surface area (TPSA) is 345 Å². The van der Waals surface area contributed by atoms with Crippen molar-refractivity contribution in [3.05, 3.63) is 66.6 Å². The molecule has 2 fully saturated rings. The second kappa shape index (κ2) is 27.6. The number of methoxy groups -OCH3 is 1. The van der Waals surface area contributed by atoms with Gasteiger partial charge >= 0.3 is 7.82 Å². The van der Waals surface area contributed by atoms with Crippen LogP contribution in [0.1, 0.15) is 121 Å². The number of hydrogen-bond donors (Lipinski definition) is 6. The van der Waals surface area contributed by atoms with E-state index in [-0.39, 0.29) is 35.5 Å². The van der Waals surface area contributed by atoms with Gasteiger partial charge in [-0.25, -0.2) is 28.5 Å². The van der Waals surface area contributed by atoms with Gasteiger partial charge in [0.05, 0.1) is 51.1 Å². The Balaban J connectivity index is 1.01. The van der Waals surface area contributed by atoms with Gasteiger partial charge in [-0.15, -0.1) is 0 Å². The van der Waals surface area contributed by atoms with Gasteiger partial charge in [-0.1, -0.05) is 103 Å². The molecular weight excluding hydrogens is 1010 g/mol. The van der Waals surface area contributed by atoms with Crippen molar-refractivity contribution in [1.82, 2.24) is 34.2 Å². The molecule has 24 nitrogen and oxygen atoms in total. The lowest BCUT2D eigenvalue weighted by molar-refractivity contribution is -0.0757. The average Bonchev–Trinajstić information content (AvgIpc) is 4.19. The van der Waals surface area contributed by atoms with Crippen LogP contribution in [-0.4, -0.2) is 137 Å². The Labute approximate surface area is 441 Å². The summed E-state index contributed by atoms with van der Waals surface area (Å²) in [5.74, 6) is 0.773. The molecule has 0 aromatic carbocycles. The van der Waals surface area contributed by atoms with Gasteiger partial charge in [0, 0.05) is 12.7 Å². The molecule has 7 rings (SSSR count). The number of phosphoric ester groups is 1. The van der Waals surface area contributed by atoms with Gasteiger partial charge in [0.25, 0.3) is 0 Å². The van der Waals surface area contributed by atoms with Crippen molar-refractivity contribution in [2.24, 2.45) is 0 Å². The molecule has 76 heavy (non-hydrogen) atoms. The molecule has 7 heterocycles. The summed E-state index contributed by atoms with van der Waals surface area (Å²) < 4.78 is 64.6. The average molecular weight is 1080 g/mol. The third kappa shape index (κ3) is 13.7. The molecule has 0 saturated carbocycles. The van der Waals surface area contributed by atoms with Crippen LogP contribution >= 0.6 is 7.82 Å². The molecule has 8 N–H and O–H groups in total. The number of aliphatic hydroxyl groups excluding tert-OH is 4. The second-order valence-electron chi connectivity index (χ2n) is 19.2. The maximum Gasteiger partial charge on any atom is 0.475 e. The van der Waals surface area contributed by atoms with E-state index in [2.05, 4.69) is 32.1 Å². The molecule has 5 aromatic rings. The first-order valence-electron chi connectivity index (χ1n) is 26.2. The number of nitriles is 2. The van der Waals surface area contributed by atoms with E-state index >= 15 is 0 Å². The molecular formula is C51H72N11O13P. The van der Waals surface area contributed by atoms with Crippen molar-refractivity contribution in [2.75, 3.05) is 51.6 Å². The normalized spacial score (nSPS) is 24.0. The molecule has 0 aliphatic carbocycles. The van der Waals surface area contributed by atoms with E-state index in [0.29, 0.717) is 23.4 Å². The highest BCUT2D eigenvalue weighted by atomic mass is 31.2. The maximum absolute atomic E-state index is 14.9. The second-order valence-corrected chi connectivity index (χ2v) is 20.9. The SMILES string of the molecule is CCCCCCCCCCCCCCCCCCOC[C@H](COP(=O)(OC[C@H]1O[C@@](C#N)(c2ccc3c(N)ncnn23)[C@H](O)[C@@H]1O)OC[C@H]1O[C@@](C#N)(c2ccc3c(N)ncnn23)[C@H](O)[C@@H]1O)Oc1ccc(OC)cn1. The van der Waals surface area contributed by atoms with E-state index < -0.39 is 81.6 Å². The van der Waals surface area contributed by atoms with Crippen LogP contribution in [-0.2, 0) is 43.5 Å². The summed E-state index contributed by atoms with van der Waals surface area (Å²) in [6, 6.07) is 13.0. The Hall–Kier alpha value is -5.60. The van der Waals surface area contributed by atoms with Gasteiger partial charge in [0.2, 0.25) is 17.1 Å². The zero-order valence-electron chi connectivity index (χ0n) is 43.2. The molecule has 0 amide bonds.